The van der Waals surface area contributed by atoms with Gasteiger partial charge in [-0.05, 0) is 34.1 Å². The molecule has 0 aliphatic heterocycles. The third-order valence-corrected chi connectivity index (χ3v) is 5.96. The zero-order chi connectivity index (χ0) is 17.3. The Morgan fingerprint density at radius 2 is 2.12 bits per heavy atom. The molecule has 5 nitrogen and oxygen atoms in total. The van der Waals surface area contributed by atoms with Gasteiger partial charge in [0.25, 0.3) is 0 Å². The van der Waals surface area contributed by atoms with Crippen LogP contribution in [0.25, 0.3) is 22.5 Å². The number of benzene rings is 1. The van der Waals surface area contributed by atoms with Crippen molar-refractivity contribution in [3.63, 3.8) is 0 Å². The van der Waals surface area contributed by atoms with Gasteiger partial charge in [-0.1, -0.05) is 19.6 Å². The second-order valence-corrected chi connectivity index (χ2v) is 13.3. The molecule has 2 aromatic heterocycles. The number of ether oxygens (including phenoxy) is 1. The Balaban J connectivity index is 1.93. The molecule has 0 bridgehead atoms. The first kappa shape index (κ1) is 17.3. The molecule has 0 saturated carbocycles. The van der Waals surface area contributed by atoms with Crippen molar-refractivity contribution in [3.05, 3.63) is 34.9 Å². The van der Waals surface area contributed by atoms with Gasteiger partial charge in [-0.15, -0.1) is 0 Å². The molecular formula is C16H19BrFN3O2Si. The van der Waals surface area contributed by atoms with Gasteiger partial charge in [-0.25, -0.2) is 14.1 Å². The van der Waals surface area contributed by atoms with E-state index in [2.05, 4.69) is 45.7 Å². The van der Waals surface area contributed by atoms with E-state index in [-0.39, 0.29) is 12.5 Å². The van der Waals surface area contributed by atoms with Crippen LogP contribution in [0.2, 0.25) is 25.7 Å². The largest absolute Gasteiger partial charge is 0.443 e. The van der Waals surface area contributed by atoms with Crippen molar-refractivity contribution in [3.8, 4) is 11.6 Å². The normalized spacial score (nSPS) is 12.2. The van der Waals surface area contributed by atoms with Gasteiger partial charge in [0.2, 0.25) is 5.89 Å². The van der Waals surface area contributed by atoms with Gasteiger partial charge in [-0.2, -0.15) is 5.10 Å². The molecule has 0 unspecified atom stereocenters. The Labute approximate surface area is 149 Å². The van der Waals surface area contributed by atoms with Crippen LogP contribution in [-0.4, -0.2) is 29.4 Å². The zero-order valence-corrected chi connectivity index (χ0v) is 16.4. The number of rotatable bonds is 6. The summed E-state index contributed by atoms with van der Waals surface area (Å²) in [7, 11) is -1.17. The van der Waals surface area contributed by atoms with Crippen LogP contribution in [0.4, 0.5) is 4.39 Å². The van der Waals surface area contributed by atoms with E-state index in [4.69, 9.17) is 9.15 Å². The lowest BCUT2D eigenvalue weighted by molar-refractivity contribution is 0.0814. The zero-order valence-electron chi connectivity index (χ0n) is 13.8. The molecular weight excluding hydrogens is 393 g/mol. The summed E-state index contributed by atoms with van der Waals surface area (Å²) in [6.45, 7) is 7.70. The van der Waals surface area contributed by atoms with Crippen LogP contribution in [0.5, 0.6) is 0 Å². The van der Waals surface area contributed by atoms with E-state index >= 15 is 0 Å². The second kappa shape index (κ2) is 6.77. The monoisotopic (exact) mass is 411 g/mol. The van der Waals surface area contributed by atoms with E-state index in [1.165, 1.54) is 10.9 Å². The van der Waals surface area contributed by atoms with Gasteiger partial charge < -0.3 is 9.15 Å². The van der Waals surface area contributed by atoms with Crippen molar-refractivity contribution in [1.82, 2.24) is 14.8 Å². The minimum atomic E-state index is -1.17. The summed E-state index contributed by atoms with van der Waals surface area (Å²) in [5.74, 6) is -0.00539. The summed E-state index contributed by atoms with van der Waals surface area (Å²) in [6, 6.07) is 4.50. The topological polar surface area (TPSA) is 53.1 Å². The average molecular weight is 412 g/mol. The first-order chi connectivity index (χ1) is 11.4. The predicted molar refractivity (Wildman–Crippen MR) is 97.0 cm³/mol. The highest BCUT2D eigenvalue weighted by atomic mass is 79.9. The number of hydrogen-bond acceptors (Lipinski definition) is 4. The van der Waals surface area contributed by atoms with Crippen LogP contribution >= 0.6 is 15.9 Å². The van der Waals surface area contributed by atoms with Crippen molar-refractivity contribution in [2.45, 2.75) is 32.4 Å². The number of halogens is 2. The average Bonchev–Trinajstić information content (AvgIpc) is 3.14. The van der Waals surface area contributed by atoms with Crippen molar-refractivity contribution in [2.75, 3.05) is 6.61 Å². The van der Waals surface area contributed by atoms with Gasteiger partial charge in [0, 0.05) is 20.1 Å². The maximum Gasteiger partial charge on any atom is 0.247 e. The molecule has 0 saturated heterocycles. The van der Waals surface area contributed by atoms with E-state index in [1.54, 1.807) is 18.3 Å². The molecule has 0 amide bonds. The predicted octanol–water partition coefficient (Wildman–Crippen LogP) is 4.91. The number of hydrogen-bond donors (Lipinski definition) is 0. The summed E-state index contributed by atoms with van der Waals surface area (Å²) in [6.07, 6.45) is 3.01. The van der Waals surface area contributed by atoms with Gasteiger partial charge in [0.1, 0.15) is 18.5 Å². The van der Waals surface area contributed by atoms with E-state index in [1.807, 2.05) is 0 Å². The van der Waals surface area contributed by atoms with Crippen molar-refractivity contribution >= 4 is 34.9 Å². The number of oxazole rings is 1. The van der Waals surface area contributed by atoms with Gasteiger partial charge in [0.05, 0.1) is 10.7 Å². The molecule has 0 radical (unpaired) electrons. The Kier molecular flexibility index (Phi) is 4.89. The molecule has 0 N–H and O–H groups in total. The van der Waals surface area contributed by atoms with Crippen LogP contribution in [0, 0.1) is 5.82 Å². The molecule has 0 aliphatic rings. The van der Waals surface area contributed by atoms with Crippen LogP contribution in [0.1, 0.15) is 0 Å². The second-order valence-electron chi connectivity index (χ2n) is 6.79. The number of nitrogens with zero attached hydrogens (tertiary/aromatic N) is 3. The molecule has 8 heteroatoms. The molecule has 1 aromatic carbocycles. The lowest BCUT2D eigenvalue weighted by Gasteiger charge is -2.15. The molecule has 0 atom stereocenters. The standard InChI is InChI=1S/C16H19BrFN3O2Si/c1-24(2,3)9-8-22-10-21-15-11(4-5-12(17)13(15)18)14(20-21)16-19-6-7-23-16/h4-7H,8-10H2,1-3H3. The quantitative estimate of drug-likeness (QED) is 0.427. The SMILES string of the molecule is C[Si](C)(C)CCOCn1nc(-c2ncco2)c2ccc(Br)c(F)c21. The lowest BCUT2D eigenvalue weighted by atomic mass is 10.2. The molecule has 2 heterocycles. The number of fused-ring (bicyclic) bond motifs is 1. The maximum atomic E-state index is 14.6. The Bertz CT molecular complexity index is 843. The fourth-order valence-corrected chi connectivity index (χ4v) is 3.41. The molecule has 128 valence electrons. The summed E-state index contributed by atoms with van der Waals surface area (Å²) in [5.41, 5.74) is 0.890. The molecule has 0 spiro atoms. The summed E-state index contributed by atoms with van der Waals surface area (Å²) < 4.78 is 27.6. The fourth-order valence-electron chi connectivity index (χ4n) is 2.33. The number of aromatic nitrogens is 3. The molecule has 3 rings (SSSR count). The molecule has 24 heavy (non-hydrogen) atoms. The lowest BCUT2D eigenvalue weighted by Crippen LogP contribution is -2.22. The minimum Gasteiger partial charge on any atom is -0.443 e. The summed E-state index contributed by atoms with van der Waals surface area (Å²) in [5, 5.41) is 5.10. The van der Waals surface area contributed by atoms with E-state index in [9.17, 15) is 4.39 Å². The first-order valence-corrected chi connectivity index (χ1v) is 12.2. The third-order valence-electron chi connectivity index (χ3n) is 3.65. The van der Waals surface area contributed by atoms with Crippen LogP contribution in [-0.2, 0) is 11.5 Å². The maximum absolute atomic E-state index is 14.6. The Morgan fingerprint density at radius 3 is 2.79 bits per heavy atom. The first-order valence-electron chi connectivity index (χ1n) is 7.69. The highest BCUT2D eigenvalue weighted by molar-refractivity contribution is 9.10. The summed E-state index contributed by atoms with van der Waals surface area (Å²) in [4.78, 5) is 4.12. The van der Waals surface area contributed by atoms with Gasteiger partial charge in [-0.3, -0.25) is 0 Å². The van der Waals surface area contributed by atoms with Crippen molar-refractivity contribution in [1.29, 1.82) is 0 Å². The van der Waals surface area contributed by atoms with Crippen LogP contribution < -0.4 is 0 Å². The molecule has 0 fully saturated rings. The highest BCUT2D eigenvalue weighted by Gasteiger charge is 2.20. The van der Waals surface area contributed by atoms with Crippen LogP contribution in [0.15, 0.2) is 33.5 Å². The smallest absolute Gasteiger partial charge is 0.247 e. The minimum absolute atomic E-state index is 0.190. The molecule has 0 aliphatic carbocycles. The Hall–Kier alpha value is -1.51. The van der Waals surface area contributed by atoms with Crippen LogP contribution in [0.3, 0.4) is 0 Å². The van der Waals surface area contributed by atoms with Gasteiger partial charge >= 0.3 is 0 Å². The van der Waals surface area contributed by atoms with Crippen molar-refractivity contribution in [2.24, 2.45) is 0 Å². The Morgan fingerprint density at radius 1 is 1.33 bits per heavy atom. The van der Waals surface area contributed by atoms with Gasteiger partial charge in [0.15, 0.2) is 11.5 Å². The third kappa shape index (κ3) is 3.60. The van der Waals surface area contributed by atoms with Crippen molar-refractivity contribution < 1.29 is 13.5 Å². The summed E-state index contributed by atoms with van der Waals surface area (Å²) >= 11 is 3.23. The van der Waals surface area contributed by atoms with E-state index in [0.717, 1.165) is 6.04 Å². The van der Waals surface area contributed by atoms with E-state index < -0.39 is 8.07 Å². The fraction of sp³-hybridized carbons (Fsp3) is 0.375. The molecule has 3 aromatic rings. The van der Waals surface area contributed by atoms with E-state index in [0.29, 0.717) is 33.6 Å². The highest BCUT2D eigenvalue weighted by Crippen LogP contribution is 2.32.